The van der Waals surface area contributed by atoms with Gasteiger partial charge in [0, 0.05) is 24.1 Å². The van der Waals surface area contributed by atoms with Crippen LogP contribution in [0.1, 0.15) is 39.9 Å². The Morgan fingerprint density at radius 2 is 1.97 bits per heavy atom. The minimum Gasteiger partial charge on any atom is -0.384 e. The summed E-state index contributed by atoms with van der Waals surface area (Å²) in [7, 11) is 0. The van der Waals surface area contributed by atoms with E-state index < -0.39 is 46.9 Å². The number of benzene rings is 1. The van der Waals surface area contributed by atoms with Crippen LogP contribution in [0, 0.1) is 11.3 Å². The lowest BCUT2D eigenvalue weighted by molar-refractivity contribution is -0.138. The highest BCUT2D eigenvalue weighted by Crippen LogP contribution is 2.38. The van der Waals surface area contributed by atoms with Gasteiger partial charge in [0.05, 0.1) is 16.8 Å². The van der Waals surface area contributed by atoms with E-state index in [0.717, 1.165) is 0 Å². The van der Waals surface area contributed by atoms with Crippen molar-refractivity contribution in [2.45, 2.75) is 31.6 Å². The number of carbonyl (C=O) groups excluding carboxylic acids is 3. The Morgan fingerprint density at radius 3 is 2.61 bits per heavy atom. The predicted molar refractivity (Wildman–Crippen MR) is 99.8 cm³/mol. The monoisotopic (exact) mass is 429 g/mol. The first kappa shape index (κ1) is 20.3. The molecule has 1 saturated heterocycles. The van der Waals surface area contributed by atoms with Gasteiger partial charge in [-0.1, -0.05) is 6.07 Å². The van der Waals surface area contributed by atoms with Gasteiger partial charge in [0.25, 0.3) is 5.91 Å². The van der Waals surface area contributed by atoms with E-state index in [1.807, 2.05) is 0 Å². The van der Waals surface area contributed by atoms with E-state index in [1.165, 1.54) is 23.1 Å². The second-order valence-electron chi connectivity index (χ2n) is 7.20. The fourth-order valence-electron chi connectivity index (χ4n) is 3.83. The summed E-state index contributed by atoms with van der Waals surface area (Å²) < 4.78 is 40.1. The molecule has 4 rings (SSSR count). The molecule has 2 aromatic rings. The van der Waals surface area contributed by atoms with Crippen molar-refractivity contribution in [3.8, 4) is 17.3 Å². The molecule has 3 heterocycles. The lowest BCUT2D eigenvalue weighted by Crippen LogP contribution is -2.52. The Hall–Kier alpha value is -3.94. The maximum atomic E-state index is 13.4. The summed E-state index contributed by atoms with van der Waals surface area (Å²) in [6, 6.07) is 5.58. The summed E-state index contributed by atoms with van der Waals surface area (Å²) >= 11 is 0. The second kappa shape index (κ2) is 7.09. The molecule has 8 nitrogen and oxygen atoms in total. The summed E-state index contributed by atoms with van der Waals surface area (Å²) in [5.74, 6) is -1.81. The molecule has 0 saturated carbocycles. The van der Waals surface area contributed by atoms with E-state index in [1.54, 1.807) is 6.07 Å². The largest absolute Gasteiger partial charge is 0.417 e. The maximum absolute atomic E-state index is 13.4. The Bertz CT molecular complexity index is 1190. The third-order valence-electron chi connectivity index (χ3n) is 5.25. The number of nitrogens with zero attached hydrogens (tertiary/aromatic N) is 3. The number of hydrogen-bond donors (Lipinski definition) is 2. The first-order valence-corrected chi connectivity index (χ1v) is 9.16. The van der Waals surface area contributed by atoms with Crippen molar-refractivity contribution in [2.75, 3.05) is 5.73 Å². The fraction of sp³-hybridized carbons (Fsp3) is 0.250. The number of halogens is 3. The number of alkyl halides is 3. The number of aromatic nitrogens is 1. The number of imide groups is 1. The SMILES string of the molecule is N#Cc1c(C(F)(F)F)cc(N)nc1-c1ccc2c(c1)CN(C1CCC(=O)NC1=O)C2=O. The Morgan fingerprint density at radius 1 is 1.23 bits per heavy atom. The molecular formula is C20H14F3N5O3. The number of hydrogen-bond acceptors (Lipinski definition) is 6. The molecule has 158 valence electrons. The van der Waals surface area contributed by atoms with Crippen LogP contribution >= 0.6 is 0 Å². The highest BCUT2D eigenvalue weighted by atomic mass is 19.4. The van der Waals surface area contributed by atoms with Crippen LogP contribution in [0.5, 0.6) is 0 Å². The summed E-state index contributed by atoms with van der Waals surface area (Å²) in [5, 5.41) is 11.5. The number of piperidine rings is 1. The Labute approximate surface area is 173 Å². The van der Waals surface area contributed by atoms with E-state index in [-0.39, 0.29) is 36.2 Å². The molecular weight excluding hydrogens is 415 g/mol. The number of nitrogens with one attached hydrogen (secondary N) is 1. The van der Waals surface area contributed by atoms with E-state index in [0.29, 0.717) is 11.6 Å². The molecule has 0 aliphatic carbocycles. The van der Waals surface area contributed by atoms with Crippen molar-refractivity contribution >= 4 is 23.5 Å². The molecule has 0 spiro atoms. The molecule has 31 heavy (non-hydrogen) atoms. The number of nitriles is 1. The molecule has 2 aliphatic heterocycles. The van der Waals surface area contributed by atoms with E-state index in [2.05, 4.69) is 10.3 Å². The number of amides is 3. The van der Waals surface area contributed by atoms with Gasteiger partial charge in [-0.05, 0) is 30.2 Å². The molecule has 11 heteroatoms. The predicted octanol–water partition coefficient (Wildman–Crippen LogP) is 1.98. The second-order valence-corrected chi connectivity index (χ2v) is 7.20. The minimum absolute atomic E-state index is 0.0324. The van der Waals surface area contributed by atoms with Crippen LogP contribution in [0.15, 0.2) is 24.3 Å². The number of nitrogens with two attached hydrogens (primary N) is 1. The van der Waals surface area contributed by atoms with Crippen LogP contribution in [0.2, 0.25) is 0 Å². The molecule has 3 N–H and O–H groups in total. The summed E-state index contributed by atoms with van der Waals surface area (Å²) in [6.45, 7) is 0.0324. The van der Waals surface area contributed by atoms with Crippen LogP contribution < -0.4 is 11.1 Å². The van der Waals surface area contributed by atoms with Gasteiger partial charge >= 0.3 is 6.18 Å². The quantitative estimate of drug-likeness (QED) is 0.703. The molecule has 0 radical (unpaired) electrons. The average molecular weight is 429 g/mol. The van der Waals surface area contributed by atoms with Crippen LogP contribution in [0.4, 0.5) is 19.0 Å². The number of pyridine rings is 1. The highest BCUT2D eigenvalue weighted by Gasteiger charge is 2.40. The van der Waals surface area contributed by atoms with Gasteiger partial charge in [0.2, 0.25) is 11.8 Å². The van der Waals surface area contributed by atoms with Gasteiger partial charge < -0.3 is 10.6 Å². The molecule has 3 amide bonds. The highest BCUT2D eigenvalue weighted by molar-refractivity contribution is 6.05. The summed E-state index contributed by atoms with van der Waals surface area (Å²) in [6.07, 6.45) is -4.52. The fourth-order valence-corrected chi connectivity index (χ4v) is 3.83. The maximum Gasteiger partial charge on any atom is 0.417 e. The van der Waals surface area contributed by atoms with Gasteiger partial charge in [-0.25, -0.2) is 4.98 Å². The van der Waals surface area contributed by atoms with E-state index >= 15 is 0 Å². The molecule has 1 aromatic carbocycles. The zero-order valence-electron chi connectivity index (χ0n) is 15.8. The number of anilines is 1. The minimum atomic E-state index is -4.80. The average Bonchev–Trinajstić information content (AvgIpc) is 3.02. The third-order valence-corrected chi connectivity index (χ3v) is 5.25. The van der Waals surface area contributed by atoms with Crippen LogP contribution in [-0.2, 0) is 22.3 Å². The summed E-state index contributed by atoms with van der Waals surface area (Å²) in [4.78, 5) is 41.5. The van der Waals surface area contributed by atoms with Crippen molar-refractivity contribution in [3.05, 3.63) is 46.5 Å². The standard InChI is InChI=1S/C20H14F3N5O3/c21-20(22,23)13-6-15(25)26-17(12(13)7-24)9-1-2-11-10(5-9)8-28(19(11)31)14-3-4-16(29)27-18(14)30/h1-2,5-6,14H,3-4,8H2,(H2,25,26)(H,27,29,30). The van der Waals surface area contributed by atoms with Crippen molar-refractivity contribution in [2.24, 2.45) is 0 Å². The Balaban J connectivity index is 1.73. The van der Waals surface area contributed by atoms with Gasteiger partial charge in [-0.2, -0.15) is 18.4 Å². The van der Waals surface area contributed by atoms with Gasteiger partial charge in [-0.15, -0.1) is 0 Å². The molecule has 0 bridgehead atoms. The molecule has 1 aromatic heterocycles. The van der Waals surface area contributed by atoms with E-state index in [9.17, 15) is 32.8 Å². The zero-order chi connectivity index (χ0) is 22.5. The van der Waals surface area contributed by atoms with E-state index in [4.69, 9.17) is 5.73 Å². The number of rotatable bonds is 2. The lowest BCUT2D eigenvalue weighted by atomic mass is 9.98. The van der Waals surface area contributed by atoms with Crippen LogP contribution in [0.25, 0.3) is 11.3 Å². The Kier molecular flexibility index (Phi) is 4.65. The van der Waals surface area contributed by atoms with Crippen molar-refractivity contribution < 1.29 is 27.6 Å². The molecule has 1 fully saturated rings. The number of carbonyl (C=O) groups is 3. The zero-order valence-corrected chi connectivity index (χ0v) is 15.8. The molecule has 1 atom stereocenters. The first-order valence-electron chi connectivity index (χ1n) is 9.16. The third kappa shape index (κ3) is 3.46. The van der Waals surface area contributed by atoms with Crippen LogP contribution in [0.3, 0.4) is 0 Å². The van der Waals surface area contributed by atoms with Crippen molar-refractivity contribution in [1.29, 1.82) is 5.26 Å². The number of fused-ring (bicyclic) bond motifs is 1. The first-order chi connectivity index (χ1) is 14.6. The van der Waals surface area contributed by atoms with Gasteiger partial charge in [0.15, 0.2) is 0 Å². The topological polar surface area (TPSA) is 129 Å². The smallest absolute Gasteiger partial charge is 0.384 e. The normalized spacial score (nSPS) is 18.6. The molecule has 2 aliphatic rings. The van der Waals surface area contributed by atoms with Gasteiger partial charge in [-0.3, -0.25) is 19.7 Å². The molecule has 1 unspecified atom stereocenters. The lowest BCUT2D eigenvalue weighted by Gasteiger charge is -2.29. The van der Waals surface area contributed by atoms with Crippen LogP contribution in [-0.4, -0.2) is 33.6 Å². The summed E-state index contributed by atoms with van der Waals surface area (Å²) in [5.41, 5.74) is 4.37. The van der Waals surface area contributed by atoms with Crippen molar-refractivity contribution in [3.63, 3.8) is 0 Å². The number of nitrogen functional groups attached to an aromatic ring is 1. The van der Waals surface area contributed by atoms with Crippen molar-refractivity contribution in [1.82, 2.24) is 15.2 Å². The van der Waals surface area contributed by atoms with Gasteiger partial charge in [0.1, 0.15) is 17.9 Å².